The molecule has 2 N–H and O–H groups in total. The molecule has 3 nitrogen and oxygen atoms in total. The van der Waals surface area contributed by atoms with Crippen LogP contribution in [0.4, 0.5) is 39.8 Å². The highest BCUT2D eigenvalue weighted by atomic mass is 15.1. The highest BCUT2D eigenvalue weighted by Crippen LogP contribution is 2.44. The summed E-state index contributed by atoms with van der Waals surface area (Å²) in [6.07, 6.45) is 0. The van der Waals surface area contributed by atoms with E-state index >= 15 is 0 Å². The van der Waals surface area contributed by atoms with E-state index in [0.717, 1.165) is 78.8 Å². The van der Waals surface area contributed by atoms with Crippen LogP contribution in [0.1, 0.15) is 105 Å². The molecule has 0 amide bonds. The maximum Gasteiger partial charge on any atom is 0.0468 e. The highest BCUT2D eigenvalue weighted by Gasteiger charge is 2.22. The Morgan fingerprint density at radius 3 is 0.753 bits per heavy atom. The van der Waals surface area contributed by atoms with Crippen molar-refractivity contribution in [1.29, 1.82) is 0 Å². The molecule has 9 rings (SSSR count). The quantitative estimate of drug-likeness (QED) is 0.139. The second kappa shape index (κ2) is 19.8. The van der Waals surface area contributed by atoms with Crippen molar-refractivity contribution < 1.29 is 0 Å². The van der Waals surface area contributed by atoms with Gasteiger partial charge in [0.25, 0.3) is 0 Å². The fourth-order valence-electron chi connectivity index (χ4n) is 9.66. The van der Waals surface area contributed by atoms with E-state index in [-0.39, 0.29) is 21.7 Å². The van der Waals surface area contributed by atoms with Gasteiger partial charge in [0.05, 0.1) is 0 Å². The predicted molar refractivity (Wildman–Crippen MR) is 317 cm³/mol. The molecule has 9 aromatic rings. The first-order chi connectivity index (χ1) is 34.6. The molecule has 0 fully saturated rings. The molecule has 0 bridgehead atoms. The first-order valence-corrected chi connectivity index (χ1v) is 25.9. The van der Waals surface area contributed by atoms with Gasteiger partial charge in [-0.1, -0.05) is 210 Å². The van der Waals surface area contributed by atoms with E-state index in [9.17, 15) is 0 Å². The fraction of sp³-hybridized carbons (Fsp3) is 0.229. The van der Waals surface area contributed by atoms with E-state index in [1.807, 2.05) is 12.1 Å². The lowest BCUT2D eigenvalue weighted by Crippen LogP contribution is -2.14. The van der Waals surface area contributed by atoms with Gasteiger partial charge in [0.2, 0.25) is 0 Å². The van der Waals surface area contributed by atoms with Gasteiger partial charge in [-0.2, -0.15) is 0 Å². The number of nitrogens with two attached hydrogens (primary N) is 1. The summed E-state index contributed by atoms with van der Waals surface area (Å²) >= 11 is 0. The Kier molecular flexibility index (Phi) is 13.6. The molecule has 0 radical (unpaired) electrons. The predicted octanol–water partition coefficient (Wildman–Crippen LogP) is 20.1. The van der Waals surface area contributed by atoms with Crippen LogP contribution in [-0.2, 0) is 21.7 Å². The van der Waals surface area contributed by atoms with Gasteiger partial charge in [0.15, 0.2) is 0 Å². The number of hydrogen-bond donors (Lipinski definition) is 1. The summed E-state index contributed by atoms with van der Waals surface area (Å²) in [5.74, 6) is 0. The van der Waals surface area contributed by atoms with Crippen LogP contribution >= 0.6 is 0 Å². The van der Waals surface area contributed by atoms with Crippen LogP contribution in [0.25, 0.3) is 44.5 Å². The minimum atomic E-state index is 0.0440. The van der Waals surface area contributed by atoms with Crippen LogP contribution in [0.2, 0.25) is 0 Å². The smallest absolute Gasteiger partial charge is 0.0468 e. The Balaban J connectivity index is 1.11. The van der Waals surface area contributed by atoms with Gasteiger partial charge in [-0.3, -0.25) is 0 Å². The lowest BCUT2D eigenvalue weighted by Gasteiger charge is -2.29. The number of nitrogens with zero attached hydrogens (tertiary/aromatic N) is 2. The van der Waals surface area contributed by atoms with Gasteiger partial charge in [-0.15, -0.1) is 0 Å². The third-order valence-corrected chi connectivity index (χ3v) is 14.3. The minimum Gasteiger partial charge on any atom is -0.399 e. The van der Waals surface area contributed by atoms with Gasteiger partial charge < -0.3 is 15.5 Å². The van der Waals surface area contributed by atoms with Crippen molar-refractivity contribution in [2.75, 3.05) is 15.5 Å². The molecule has 9 aromatic carbocycles. The molecule has 0 aliphatic rings. The van der Waals surface area contributed by atoms with E-state index in [1.165, 1.54) is 27.8 Å². The van der Waals surface area contributed by atoms with Crippen molar-refractivity contribution in [3.63, 3.8) is 0 Å². The van der Waals surface area contributed by atoms with E-state index in [1.54, 1.807) is 0 Å². The van der Waals surface area contributed by atoms with E-state index in [0.29, 0.717) is 0 Å². The zero-order chi connectivity index (χ0) is 51.9. The zero-order valence-corrected chi connectivity index (χ0v) is 45.2. The van der Waals surface area contributed by atoms with E-state index < -0.39 is 0 Å². The monoisotopic (exact) mass is 956 g/mol. The summed E-state index contributed by atoms with van der Waals surface area (Å²) in [6.45, 7) is 27.2. The largest absolute Gasteiger partial charge is 0.399 e. The van der Waals surface area contributed by atoms with Crippen molar-refractivity contribution in [3.8, 4) is 44.5 Å². The molecule has 0 saturated carbocycles. The van der Waals surface area contributed by atoms with Crippen LogP contribution < -0.4 is 15.5 Å². The second-order valence-corrected chi connectivity index (χ2v) is 23.9. The van der Waals surface area contributed by atoms with Gasteiger partial charge >= 0.3 is 0 Å². The SMILES string of the molecule is CC(C)(C)c1ccc(N(c2ccc(-c3ccc(-c4cc(N(c5ccc(C(C)(C)C)cc5)c5ccc(C(C)(C)C)cc5)ccc4-c4ccc(-c5ccc(N)cc5)cc4)cc3)cc2)c2ccc(C(C)(C)C)cc2)cc1. The number of anilines is 7. The Bertz CT molecular complexity index is 3170. The molecular formula is C70H73N3. The number of rotatable bonds is 10. The lowest BCUT2D eigenvalue weighted by atomic mass is 9.86. The Labute approximate surface area is 437 Å². The summed E-state index contributed by atoms with van der Waals surface area (Å²) in [5.41, 5.74) is 28.3. The van der Waals surface area contributed by atoms with Crippen molar-refractivity contribution in [3.05, 3.63) is 235 Å². The summed E-state index contributed by atoms with van der Waals surface area (Å²) in [7, 11) is 0. The van der Waals surface area contributed by atoms with Crippen LogP contribution in [-0.4, -0.2) is 0 Å². The van der Waals surface area contributed by atoms with Crippen molar-refractivity contribution >= 4 is 39.8 Å². The standard InChI is InChI=1S/C70H73N3/c1-67(2,3)54-25-37-60(38-26-54)72(61-39-27-55(28-40-61)68(4,5)6)59-35-23-51(24-36-59)49-15-19-53(20-16-49)66-47-64(45-46-65(66)52-17-13-48(14-18-52)50-21-33-58(71)34-22-50)73(62-41-29-56(30-42-62)69(7,8)9)63-43-31-57(32-44-63)70(10,11)12/h13-47H,71H2,1-12H3. The van der Waals surface area contributed by atoms with Gasteiger partial charge in [0.1, 0.15) is 0 Å². The minimum absolute atomic E-state index is 0.0440. The summed E-state index contributed by atoms with van der Waals surface area (Å²) in [5, 5.41) is 0. The average molecular weight is 956 g/mol. The molecule has 0 aliphatic heterocycles. The van der Waals surface area contributed by atoms with Crippen LogP contribution in [0.15, 0.2) is 212 Å². The molecule has 0 heterocycles. The highest BCUT2D eigenvalue weighted by molar-refractivity contribution is 5.90. The molecular weight excluding hydrogens is 883 g/mol. The summed E-state index contributed by atoms with van der Waals surface area (Å²) < 4.78 is 0. The normalized spacial score (nSPS) is 12.2. The summed E-state index contributed by atoms with van der Waals surface area (Å²) in [6, 6.07) is 78.4. The van der Waals surface area contributed by atoms with E-state index in [4.69, 9.17) is 5.73 Å². The number of nitrogen functional groups attached to an aromatic ring is 1. The number of hydrogen-bond acceptors (Lipinski definition) is 3. The van der Waals surface area contributed by atoms with E-state index in [2.05, 4.69) is 293 Å². The molecule has 0 saturated heterocycles. The maximum absolute atomic E-state index is 6.05. The van der Waals surface area contributed by atoms with Gasteiger partial charge in [-0.25, -0.2) is 0 Å². The first-order valence-electron chi connectivity index (χ1n) is 25.9. The van der Waals surface area contributed by atoms with Crippen molar-refractivity contribution in [2.45, 2.75) is 105 Å². The van der Waals surface area contributed by atoms with Crippen LogP contribution in [0, 0.1) is 0 Å². The first kappa shape index (κ1) is 50.3. The molecule has 0 aliphatic carbocycles. The fourth-order valence-corrected chi connectivity index (χ4v) is 9.66. The second-order valence-electron chi connectivity index (χ2n) is 23.9. The van der Waals surface area contributed by atoms with Crippen LogP contribution in [0.3, 0.4) is 0 Å². The molecule has 0 atom stereocenters. The van der Waals surface area contributed by atoms with Crippen molar-refractivity contribution in [1.82, 2.24) is 0 Å². The molecule has 368 valence electrons. The lowest BCUT2D eigenvalue weighted by molar-refractivity contribution is 0.590. The molecule has 0 spiro atoms. The molecule has 3 heteroatoms. The number of benzene rings is 9. The van der Waals surface area contributed by atoms with Crippen LogP contribution in [0.5, 0.6) is 0 Å². The molecule has 0 unspecified atom stereocenters. The van der Waals surface area contributed by atoms with Crippen molar-refractivity contribution in [2.24, 2.45) is 0 Å². The zero-order valence-electron chi connectivity index (χ0n) is 45.2. The Morgan fingerprint density at radius 2 is 0.452 bits per heavy atom. The Morgan fingerprint density at radius 1 is 0.233 bits per heavy atom. The summed E-state index contributed by atoms with van der Waals surface area (Å²) in [4.78, 5) is 4.76. The Hall–Kier alpha value is -7.62. The third-order valence-electron chi connectivity index (χ3n) is 14.3. The maximum atomic E-state index is 6.05. The van der Waals surface area contributed by atoms with Gasteiger partial charge in [-0.05, 0) is 173 Å². The molecule has 73 heavy (non-hydrogen) atoms. The third kappa shape index (κ3) is 11.2. The topological polar surface area (TPSA) is 32.5 Å². The molecule has 0 aromatic heterocycles. The average Bonchev–Trinajstić information content (AvgIpc) is 3.37. The van der Waals surface area contributed by atoms with Gasteiger partial charge in [0, 0.05) is 39.8 Å².